The van der Waals surface area contributed by atoms with E-state index < -0.39 is 0 Å². The first-order chi connectivity index (χ1) is 8.88. The van der Waals surface area contributed by atoms with Gasteiger partial charge in [0.15, 0.2) is 0 Å². The lowest BCUT2D eigenvalue weighted by atomic mass is 9.99. The zero-order valence-electron chi connectivity index (χ0n) is 11.7. The monoisotopic (exact) mass is 280 g/mol. The highest BCUT2D eigenvalue weighted by molar-refractivity contribution is 6.31. The number of amides is 1. The predicted molar refractivity (Wildman–Crippen MR) is 79.6 cm³/mol. The molecule has 0 atom stereocenters. The van der Waals surface area contributed by atoms with Crippen molar-refractivity contribution in [3.63, 3.8) is 0 Å². The summed E-state index contributed by atoms with van der Waals surface area (Å²) < 4.78 is 0. The number of carbonyl (C=O) groups excluding carboxylic acids is 1. The molecule has 0 unspecified atom stereocenters. The van der Waals surface area contributed by atoms with Crippen LogP contribution < -0.4 is 10.6 Å². The molecule has 0 radical (unpaired) electrons. The van der Waals surface area contributed by atoms with Gasteiger partial charge in [0.25, 0.3) is 0 Å². The third-order valence-corrected chi connectivity index (χ3v) is 4.01. The molecule has 1 saturated carbocycles. The fraction of sp³-hybridized carbons (Fsp3) is 0.533. The summed E-state index contributed by atoms with van der Waals surface area (Å²) in [5.74, 6) is 0.673. The number of aryl methyl sites for hydroxylation is 1. The number of hydrogen-bond acceptors (Lipinski definition) is 2. The van der Waals surface area contributed by atoms with Gasteiger partial charge in [-0.2, -0.15) is 0 Å². The van der Waals surface area contributed by atoms with E-state index in [1.54, 1.807) is 6.07 Å². The maximum absolute atomic E-state index is 11.9. The second-order valence-corrected chi connectivity index (χ2v) is 6.29. The zero-order chi connectivity index (χ0) is 14.0. The van der Waals surface area contributed by atoms with Gasteiger partial charge in [-0.1, -0.05) is 17.7 Å². The predicted octanol–water partition coefficient (Wildman–Crippen LogP) is 3.37. The van der Waals surface area contributed by atoms with E-state index in [-0.39, 0.29) is 11.4 Å². The Labute approximate surface area is 119 Å². The Morgan fingerprint density at radius 3 is 2.74 bits per heavy atom. The quantitative estimate of drug-likeness (QED) is 0.868. The molecule has 2 rings (SSSR count). The summed E-state index contributed by atoms with van der Waals surface area (Å²) in [7, 11) is 0. The Bertz CT molecular complexity index is 481. The molecular formula is C15H21ClN2O. The lowest BCUT2D eigenvalue weighted by molar-refractivity contribution is -0.115. The van der Waals surface area contributed by atoms with Crippen molar-refractivity contribution in [1.29, 1.82) is 0 Å². The summed E-state index contributed by atoms with van der Waals surface area (Å²) in [5, 5.41) is 6.86. The molecule has 3 nitrogen and oxygen atoms in total. The number of hydrogen-bond donors (Lipinski definition) is 2. The Hall–Kier alpha value is -1.06. The van der Waals surface area contributed by atoms with E-state index in [2.05, 4.69) is 24.5 Å². The first-order valence-corrected chi connectivity index (χ1v) is 7.07. The molecule has 1 aromatic carbocycles. The van der Waals surface area contributed by atoms with Crippen molar-refractivity contribution in [2.75, 3.05) is 11.9 Å². The summed E-state index contributed by atoms with van der Waals surface area (Å²) in [6.07, 6.45) is 2.52. The number of nitrogens with one attached hydrogen (secondary N) is 2. The number of halogens is 1. The smallest absolute Gasteiger partial charge is 0.238 e. The van der Waals surface area contributed by atoms with Gasteiger partial charge in [-0.15, -0.1) is 0 Å². The topological polar surface area (TPSA) is 41.1 Å². The number of carbonyl (C=O) groups is 1. The van der Waals surface area contributed by atoms with Crippen molar-refractivity contribution in [2.45, 2.75) is 39.2 Å². The lowest BCUT2D eigenvalue weighted by Gasteiger charge is -2.26. The highest BCUT2D eigenvalue weighted by atomic mass is 35.5. The van der Waals surface area contributed by atoms with E-state index in [0.717, 1.165) is 11.3 Å². The Kier molecular flexibility index (Phi) is 4.16. The Morgan fingerprint density at radius 1 is 1.42 bits per heavy atom. The number of benzene rings is 1. The Morgan fingerprint density at radius 2 is 2.11 bits per heavy atom. The molecule has 0 bridgehead atoms. The van der Waals surface area contributed by atoms with E-state index in [1.165, 1.54) is 12.8 Å². The van der Waals surface area contributed by atoms with Crippen LogP contribution in [0, 0.1) is 12.8 Å². The van der Waals surface area contributed by atoms with Crippen LogP contribution in [0.4, 0.5) is 5.69 Å². The molecule has 19 heavy (non-hydrogen) atoms. The third kappa shape index (κ3) is 3.95. The van der Waals surface area contributed by atoms with Gasteiger partial charge in [0.05, 0.1) is 6.54 Å². The maximum Gasteiger partial charge on any atom is 0.238 e. The molecule has 1 aliphatic rings. The first-order valence-electron chi connectivity index (χ1n) is 6.69. The van der Waals surface area contributed by atoms with Crippen LogP contribution in [0.3, 0.4) is 0 Å². The molecule has 104 valence electrons. The second-order valence-electron chi connectivity index (χ2n) is 5.86. The van der Waals surface area contributed by atoms with Crippen LogP contribution in [-0.2, 0) is 4.79 Å². The molecule has 0 aromatic heterocycles. The van der Waals surface area contributed by atoms with Gasteiger partial charge in [0.1, 0.15) is 0 Å². The van der Waals surface area contributed by atoms with Gasteiger partial charge in [-0.25, -0.2) is 0 Å². The highest BCUT2D eigenvalue weighted by Crippen LogP contribution is 2.39. The minimum Gasteiger partial charge on any atom is -0.325 e. The standard InChI is InChI=1S/C15H21ClN2O/c1-10-4-7-12(16)8-13(10)18-14(19)9-17-15(2,3)11-5-6-11/h4,7-8,11,17H,5-6,9H2,1-3H3,(H,18,19). The second kappa shape index (κ2) is 5.51. The van der Waals surface area contributed by atoms with Crippen LogP contribution in [0.5, 0.6) is 0 Å². The van der Waals surface area contributed by atoms with Crippen LogP contribution in [0.2, 0.25) is 5.02 Å². The molecule has 0 saturated heterocycles. The summed E-state index contributed by atoms with van der Waals surface area (Å²) in [6, 6.07) is 5.50. The van der Waals surface area contributed by atoms with Gasteiger partial charge in [-0.3, -0.25) is 4.79 Å². The summed E-state index contributed by atoms with van der Waals surface area (Å²) in [4.78, 5) is 11.9. The molecule has 0 aliphatic heterocycles. The van der Waals surface area contributed by atoms with Crippen molar-refractivity contribution < 1.29 is 4.79 Å². The molecule has 1 fully saturated rings. The maximum atomic E-state index is 11.9. The van der Waals surface area contributed by atoms with E-state index in [0.29, 0.717) is 17.5 Å². The first kappa shape index (κ1) is 14.4. The largest absolute Gasteiger partial charge is 0.325 e. The van der Waals surface area contributed by atoms with Gasteiger partial charge in [0.2, 0.25) is 5.91 Å². The zero-order valence-corrected chi connectivity index (χ0v) is 12.5. The molecule has 0 spiro atoms. The summed E-state index contributed by atoms with van der Waals surface area (Å²) >= 11 is 5.93. The highest BCUT2D eigenvalue weighted by Gasteiger charge is 2.37. The fourth-order valence-corrected chi connectivity index (χ4v) is 2.35. The molecule has 4 heteroatoms. The molecule has 1 aromatic rings. The Balaban J connectivity index is 1.88. The van der Waals surface area contributed by atoms with Crippen LogP contribution >= 0.6 is 11.6 Å². The minimum atomic E-state index is -0.0286. The summed E-state index contributed by atoms with van der Waals surface area (Å²) in [6.45, 7) is 6.59. The van der Waals surface area contributed by atoms with Crippen molar-refractivity contribution in [1.82, 2.24) is 5.32 Å². The molecule has 0 heterocycles. The SMILES string of the molecule is Cc1ccc(Cl)cc1NC(=O)CNC(C)(C)C1CC1. The van der Waals surface area contributed by atoms with Gasteiger partial charge in [-0.05, 0) is 57.2 Å². The van der Waals surface area contributed by atoms with E-state index in [4.69, 9.17) is 11.6 Å². The van der Waals surface area contributed by atoms with Gasteiger partial charge in [0, 0.05) is 16.2 Å². The van der Waals surface area contributed by atoms with Crippen molar-refractivity contribution in [2.24, 2.45) is 5.92 Å². The van der Waals surface area contributed by atoms with Crippen molar-refractivity contribution in [3.8, 4) is 0 Å². The van der Waals surface area contributed by atoms with Gasteiger partial charge < -0.3 is 10.6 Å². The van der Waals surface area contributed by atoms with Crippen molar-refractivity contribution in [3.05, 3.63) is 28.8 Å². The van der Waals surface area contributed by atoms with Gasteiger partial charge >= 0.3 is 0 Å². The normalized spacial score (nSPS) is 15.4. The number of rotatable bonds is 5. The van der Waals surface area contributed by atoms with E-state index in [1.807, 2.05) is 19.1 Å². The molecule has 1 amide bonds. The van der Waals surface area contributed by atoms with Crippen molar-refractivity contribution >= 4 is 23.2 Å². The molecular weight excluding hydrogens is 260 g/mol. The number of anilines is 1. The minimum absolute atomic E-state index is 0.0286. The average molecular weight is 281 g/mol. The van der Waals surface area contributed by atoms with E-state index >= 15 is 0 Å². The lowest BCUT2D eigenvalue weighted by Crippen LogP contribution is -2.45. The van der Waals surface area contributed by atoms with Crippen LogP contribution in [0.15, 0.2) is 18.2 Å². The summed E-state index contributed by atoms with van der Waals surface area (Å²) in [5.41, 5.74) is 1.84. The van der Waals surface area contributed by atoms with Crippen LogP contribution in [0.1, 0.15) is 32.3 Å². The van der Waals surface area contributed by atoms with Crippen LogP contribution in [-0.4, -0.2) is 18.0 Å². The fourth-order valence-electron chi connectivity index (χ4n) is 2.18. The third-order valence-electron chi connectivity index (χ3n) is 3.78. The average Bonchev–Trinajstić information content (AvgIpc) is 3.16. The van der Waals surface area contributed by atoms with Crippen LogP contribution in [0.25, 0.3) is 0 Å². The molecule has 1 aliphatic carbocycles. The van der Waals surface area contributed by atoms with E-state index in [9.17, 15) is 4.79 Å². The molecule has 2 N–H and O–H groups in total.